The van der Waals surface area contributed by atoms with Crippen LogP contribution in [0.15, 0.2) is 48.8 Å². The number of nitrogens with zero attached hydrogens (tertiary/aromatic N) is 1. The van der Waals surface area contributed by atoms with Gasteiger partial charge >= 0.3 is 0 Å². The van der Waals surface area contributed by atoms with Crippen LogP contribution in [-0.4, -0.2) is 10.9 Å². The SMILES string of the molecule is O=C(Nc1ccncc1I)c1ccccc1. The number of aromatic nitrogens is 1. The molecule has 0 unspecified atom stereocenters. The Morgan fingerprint density at radius 3 is 2.62 bits per heavy atom. The molecule has 0 fully saturated rings. The Morgan fingerprint density at radius 2 is 1.94 bits per heavy atom. The van der Waals surface area contributed by atoms with Crippen molar-refractivity contribution in [3.63, 3.8) is 0 Å². The van der Waals surface area contributed by atoms with Crippen LogP contribution in [0.1, 0.15) is 10.4 Å². The molecule has 4 heteroatoms. The number of hydrogen-bond acceptors (Lipinski definition) is 2. The fourth-order valence-corrected chi connectivity index (χ4v) is 1.74. The molecule has 2 rings (SSSR count). The standard InChI is InChI=1S/C12H9IN2O/c13-10-8-14-7-6-11(10)15-12(16)9-4-2-1-3-5-9/h1-8H,(H,14,15,16). The molecule has 0 atom stereocenters. The molecule has 0 aliphatic rings. The second-order valence-corrected chi connectivity index (χ2v) is 4.34. The molecule has 16 heavy (non-hydrogen) atoms. The van der Waals surface area contributed by atoms with E-state index in [2.05, 4.69) is 32.9 Å². The lowest BCUT2D eigenvalue weighted by Gasteiger charge is -2.06. The first kappa shape index (κ1) is 11.1. The molecule has 1 N–H and O–H groups in total. The Labute approximate surface area is 107 Å². The number of benzene rings is 1. The van der Waals surface area contributed by atoms with E-state index in [1.54, 1.807) is 30.6 Å². The van der Waals surface area contributed by atoms with E-state index in [0.29, 0.717) is 5.56 Å². The fraction of sp³-hybridized carbons (Fsp3) is 0. The fourth-order valence-electron chi connectivity index (χ4n) is 1.26. The summed E-state index contributed by atoms with van der Waals surface area (Å²) in [6.45, 7) is 0. The van der Waals surface area contributed by atoms with Gasteiger partial charge in [0, 0.05) is 18.0 Å². The number of rotatable bonds is 2. The Balaban J connectivity index is 2.18. The van der Waals surface area contributed by atoms with Gasteiger partial charge in [0.25, 0.3) is 5.91 Å². The van der Waals surface area contributed by atoms with Crippen LogP contribution in [0.3, 0.4) is 0 Å². The van der Waals surface area contributed by atoms with E-state index >= 15 is 0 Å². The zero-order valence-electron chi connectivity index (χ0n) is 8.35. The molecule has 1 aromatic carbocycles. The van der Waals surface area contributed by atoms with Crippen LogP contribution in [0.25, 0.3) is 0 Å². The van der Waals surface area contributed by atoms with Crippen LogP contribution in [0.2, 0.25) is 0 Å². The number of pyridine rings is 1. The molecular formula is C12H9IN2O. The van der Waals surface area contributed by atoms with Crippen LogP contribution < -0.4 is 5.32 Å². The first-order valence-corrected chi connectivity index (χ1v) is 5.81. The number of amides is 1. The summed E-state index contributed by atoms with van der Waals surface area (Å²) in [6, 6.07) is 10.9. The minimum absolute atomic E-state index is 0.107. The van der Waals surface area contributed by atoms with E-state index in [0.717, 1.165) is 9.26 Å². The highest BCUT2D eigenvalue weighted by molar-refractivity contribution is 14.1. The van der Waals surface area contributed by atoms with Gasteiger partial charge in [-0.2, -0.15) is 0 Å². The lowest BCUT2D eigenvalue weighted by molar-refractivity contribution is 0.102. The summed E-state index contributed by atoms with van der Waals surface area (Å²) < 4.78 is 0.921. The van der Waals surface area contributed by atoms with Gasteiger partial charge in [-0.05, 0) is 40.8 Å². The summed E-state index contributed by atoms with van der Waals surface area (Å²) in [5.41, 5.74) is 1.43. The lowest BCUT2D eigenvalue weighted by Crippen LogP contribution is -2.12. The number of carbonyl (C=O) groups excluding carboxylic acids is 1. The molecule has 0 spiro atoms. The van der Waals surface area contributed by atoms with Gasteiger partial charge in [0.2, 0.25) is 0 Å². The zero-order chi connectivity index (χ0) is 11.4. The van der Waals surface area contributed by atoms with Crippen LogP contribution in [0.4, 0.5) is 5.69 Å². The second kappa shape index (κ2) is 5.07. The summed E-state index contributed by atoms with van der Waals surface area (Å²) >= 11 is 2.14. The average Bonchev–Trinajstić information content (AvgIpc) is 2.33. The van der Waals surface area contributed by atoms with Gasteiger partial charge in [-0.1, -0.05) is 18.2 Å². The van der Waals surface area contributed by atoms with Crippen molar-refractivity contribution in [2.75, 3.05) is 5.32 Å². The van der Waals surface area contributed by atoms with Crippen molar-refractivity contribution in [1.29, 1.82) is 0 Å². The van der Waals surface area contributed by atoms with E-state index in [9.17, 15) is 4.79 Å². The van der Waals surface area contributed by atoms with E-state index in [4.69, 9.17) is 0 Å². The molecule has 0 aliphatic carbocycles. The molecule has 0 saturated heterocycles. The Bertz CT molecular complexity index is 499. The topological polar surface area (TPSA) is 42.0 Å². The summed E-state index contributed by atoms with van der Waals surface area (Å²) in [5, 5.41) is 2.84. The van der Waals surface area contributed by atoms with Crippen molar-refractivity contribution in [2.24, 2.45) is 0 Å². The van der Waals surface area contributed by atoms with Gasteiger partial charge in [0.1, 0.15) is 0 Å². The van der Waals surface area contributed by atoms with Crippen LogP contribution >= 0.6 is 22.6 Å². The predicted molar refractivity (Wildman–Crippen MR) is 71.3 cm³/mol. The normalized spacial score (nSPS) is 9.81. The van der Waals surface area contributed by atoms with Gasteiger partial charge in [0.15, 0.2) is 0 Å². The number of carbonyl (C=O) groups is 1. The average molecular weight is 324 g/mol. The molecule has 1 aromatic heterocycles. The number of nitrogens with one attached hydrogen (secondary N) is 1. The van der Waals surface area contributed by atoms with Gasteiger partial charge < -0.3 is 5.32 Å². The van der Waals surface area contributed by atoms with Crippen molar-refractivity contribution < 1.29 is 4.79 Å². The van der Waals surface area contributed by atoms with Crippen LogP contribution in [-0.2, 0) is 0 Å². The highest BCUT2D eigenvalue weighted by Gasteiger charge is 2.06. The maximum absolute atomic E-state index is 11.8. The third-order valence-electron chi connectivity index (χ3n) is 2.06. The summed E-state index contributed by atoms with van der Waals surface area (Å²) in [7, 11) is 0. The molecular weight excluding hydrogens is 315 g/mol. The van der Waals surface area contributed by atoms with Gasteiger partial charge in [-0.3, -0.25) is 9.78 Å². The molecule has 0 aliphatic heterocycles. The molecule has 1 heterocycles. The smallest absolute Gasteiger partial charge is 0.255 e. The number of hydrogen-bond donors (Lipinski definition) is 1. The van der Waals surface area contributed by atoms with Crippen LogP contribution in [0.5, 0.6) is 0 Å². The maximum Gasteiger partial charge on any atom is 0.255 e. The van der Waals surface area contributed by atoms with Crippen LogP contribution in [0, 0.1) is 3.57 Å². The largest absolute Gasteiger partial charge is 0.321 e. The van der Waals surface area contributed by atoms with Gasteiger partial charge in [0.05, 0.1) is 9.26 Å². The first-order valence-electron chi connectivity index (χ1n) is 4.73. The van der Waals surface area contributed by atoms with Crippen molar-refractivity contribution in [3.8, 4) is 0 Å². The number of anilines is 1. The Hall–Kier alpha value is -1.43. The first-order chi connectivity index (χ1) is 7.77. The Kier molecular flexibility index (Phi) is 3.51. The minimum atomic E-state index is -0.107. The van der Waals surface area contributed by atoms with Crippen molar-refractivity contribution in [3.05, 3.63) is 57.9 Å². The molecule has 80 valence electrons. The summed E-state index contributed by atoms with van der Waals surface area (Å²) in [6.07, 6.45) is 3.37. The molecule has 0 bridgehead atoms. The minimum Gasteiger partial charge on any atom is -0.321 e. The third-order valence-corrected chi connectivity index (χ3v) is 2.92. The molecule has 0 radical (unpaired) electrons. The maximum atomic E-state index is 11.8. The molecule has 1 amide bonds. The molecule has 2 aromatic rings. The summed E-state index contributed by atoms with van der Waals surface area (Å²) in [4.78, 5) is 15.8. The van der Waals surface area contributed by atoms with Crippen molar-refractivity contribution >= 4 is 34.2 Å². The van der Waals surface area contributed by atoms with E-state index < -0.39 is 0 Å². The predicted octanol–water partition coefficient (Wildman–Crippen LogP) is 2.94. The third kappa shape index (κ3) is 2.57. The Morgan fingerprint density at radius 1 is 1.19 bits per heavy atom. The van der Waals surface area contributed by atoms with E-state index in [1.165, 1.54) is 0 Å². The molecule has 3 nitrogen and oxygen atoms in total. The van der Waals surface area contributed by atoms with Crippen molar-refractivity contribution in [1.82, 2.24) is 4.98 Å². The monoisotopic (exact) mass is 324 g/mol. The van der Waals surface area contributed by atoms with Crippen molar-refractivity contribution in [2.45, 2.75) is 0 Å². The van der Waals surface area contributed by atoms with Gasteiger partial charge in [-0.15, -0.1) is 0 Å². The quantitative estimate of drug-likeness (QED) is 0.863. The van der Waals surface area contributed by atoms with E-state index in [-0.39, 0.29) is 5.91 Å². The highest BCUT2D eigenvalue weighted by Crippen LogP contribution is 2.16. The number of halogens is 1. The van der Waals surface area contributed by atoms with E-state index in [1.807, 2.05) is 18.2 Å². The highest BCUT2D eigenvalue weighted by atomic mass is 127. The molecule has 0 saturated carbocycles. The van der Waals surface area contributed by atoms with Gasteiger partial charge in [-0.25, -0.2) is 0 Å². The zero-order valence-corrected chi connectivity index (χ0v) is 10.5. The lowest BCUT2D eigenvalue weighted by atomic mass is 10.2. The second-order valence-electron chi connectivity index (χ2n) is 3.18. The summed E-state index contributed by atoms with van der Waals surface area (Å²) in [5.74, 6) is -0.107.